The number of carbonyl (C=O) groups is 2. The van der Waals surface area contributed by atoms with Crippen LogP contribution in [0.5, 0.6) is 11.5 Å². The third kappa shape index (κ3) is 3.42. The van der Waals surface area contributed by atoms with E-state index in [0.29, 0.717) is 10.8 Å². The molecule has 0 unspecified atom stereocenters. The predicted molar refractivity (Wildman–Crippen MR) is 85.4 cm³/mol. The van der Waals surface area contributed by atoms with Gasteiger partial charge in [0.05, 0.1) is 0 Å². The van der Waals surface area contributed by atoms with Gasteiger partial charge in [0.2, 0.25) is 0 Å². The zero-order valence-electron chi connectivity index (χ0n) is 12.6. The Balaban J connectivity index is 2.26. The van der Waals surface area contributed by atoms with E-state index < -0.39 is 18.0 Å². The Bertz CT molecular complexity index is 769. The second-order valence-electron chi connectivity index (χ2n) is 4.92. The van der Waals surface area contributed by atoms with E-state index in [9.17, 15) is 19.8 Å². The maximum absolute atomic E-state index is 12.2. The molecule has 1 amide bonds. The van der Waals surface area contributed by atoms with Crippen LogP contribution < -0.4 is 5.32 Å². The minimum Gasteiger partial charge on any atom is -0.507 e. The molecular formula is C17H17NO5. The molecule has 120 valence electrons. The van der Waals surface area contributed by atoms with E-state index >= 15 is 0 Å². The van der Waals surface area contributed by atoms with Gasteiger partial charge < -0.3 is 20.3 Å². The molecule has 6 nitrogen and oxygen atoms in total. The average Bonchev–Trinajstić information content (AvgIpc) is 2.55. The van der Waals surface area contributed by atoms with E-state index in [1.165, 1.54) is 13.0 Å². The van der Waals surface area contributed by atoms with Crippen molar-refractivity contribution in [3.8, 4) is 11.5 Å². The number of fused-ring (bicyclic) bond motifs is 1. The summed E-state index contributed by atoms with van der Waals surface area (Å²) in [6, 6.07) is 7.67. The van der Waals surface area contributed by atoms with Crippen LogP contribution in [0.1, 0.15) is 17.3 Å². The number of phenols is 2. The average molecular weight is 315 g/mol. The first-order valence-electron chi connectivity index (χ1n) is 6.99. The van der Waals surface area contributed by atoms with Crippen LogP contribution in [-0.2, 0) is 9.53 Å². The molecule has 23 heavy (non-hydrogen) atoms. The molecule has 0 aliphatic rings. The van der Waals surface area contributed by atoms with Crippen molar-refractivity contribution in [2.75, 3.05) is 6.54 Å². The standard InChI is InChI=1S/C17H17NO5/c1-3-8-18-16(21)10(2)23-17(22)13-9-14(19)11-6-4-5-7-12(11)15(13)20/h3-7,9-10,19-20H,1,8H2,2H3,(H,18,21)/t10-/m1/s1. The van der Waals surface area contributed by atoms with Crippen molar-refractivity contribution in [2.45, 2.75) is 13.0 Å². The van der Waals surface area contributed by atoms with Crippen LogP contribution in [-0.4, -0.2) is 34.7 Å². The van der Waals surface area contributed by atoms with Crippen molar-refractivity contribution in [3.05, 3.63) is 48.6 Å². The number of hydrogen-bond acceptors (Lipinski definition) is 5. The van der Waals surface area contributed by atoms with Crippen LogP contribution in [0.25, 0.3) is 10.8 Å². The Kier molecular flexibility index (Phi) is 4.85. The number of nitrogens with one attached hydrogen (secondary N) is 1. The molecule has 3 N–H and O–H groups in total. The van der Waals surface area contributed by atoms with Crippen molar-refractivity contribution in [1.82, 2.24) is 5.32 Å². The summed E-state index contributed by atoms with van der Waals surface area (Å²) in [4.78, 5) is 23.8. The molecule has 0 saturated carbocycles. The van der Waals surface area contributed by atoms with Gasteiger partial charge >= 0.3 is 5.97 Å². The molecule has 0 bridgehead atoms. The number of carbonyl (C=O) groups excluding carboxylic acids is 2. The molecule has 2 aromatic rings. The SMILES string of the molecule is C=CCNC(=O)[C@@H](C)OC(=O)c1cc(O)c2ccccc2c1O. The minimum absolute atomic E-state index is 0.158. The normalized spacial score (nSPS) is 11.7. The Hall–Kier alpha value is -3.02. The molecule has 0 spiro atoms. The van der Waals surface area contributed by atoms with Crippen LogP contribution in [0.3, 0.4) is 0 Å². The fourth-order valence-electron chi connectivity index (χ4n) is 2.09. The van der Waals surface area contributed by atoms with Crippen LogP contribution in [0.15, 0.2) is 43.0 Å². The quantitative estimate of drug-likeness (QED) is 0.446. The van der Waals surface area contributed by atoms with Gasteiger partial charge in [0.1, 0.15) is 17.1 Å². The van der Waals surface area contributed by atoms with Crippen LogP contribution in [0, 0.1) is 0 Å². The molecule has 2 rings (SSSR count). The highest BCUT2D eigenvalue weighted by atomic mass is 16.5. The van der Waals surface area contributed by atoms with E-state index in [0.717, 1.165) is 6.07 Å². The first-order valence-corrected chi connectivity index (χ1v) is 6.99. The molecule has 0 aliphatic carbocycles. The van der Waals surface area contributed by atoms with Crippen molar-refractivity contribution >= 4 is 22.6 Å². The summed E-state index contributed by atoms with van der Waals surface area (Å²) in [5.41, 5.74) is -0.204. The molecule has 0 aliphatic heterocycles. The third-order valence-corrected chi connectivity index (χ3v) is 3.29. The van der Waals surface area contributed by atoms with Gasteiger partial charge in [-0.2, -0.15) is 0 Å². The van der Waals surface area contributed by atoms with Crippen molar-refractivity contribution in [1.29, 1.82) is 0 Å². The Labute approximate surface area is 133 Å². The molecule has 0 radical (unpaired) electrons. The van der Waals surface area contributed by atoms with Gasteiger partial charge in [0.25, 0.3) is 5.91 Å². The predicted octanol–water partition coefficient (Wildman–Crippen LogP) is 2.10. The first kappa shape index (κ1) is 16.4. The van der Waals surface area contributed by atoms with Gasteiger partial charge in [-0.25, -0.2) is 4.79 Å². The highest BCUT2D eigenvalue weighted by molar-refractivity contribution is 6.04. The molecular weight excluding hydrogens is 298 g/mol. The Morgan fingerprint density at radius 3 is 2.61 bits per heavy atom. The van der Waals surface area contributed by atoms with Gasteiger partial charge in [-0.3, -0.25) is 4.79 Å². The van der Waals surface area contributed by atoms with Gasteiger partial charge in [-0.05, 0) is 13.0 Å². The zero-order valence-corrected chi connectivity index (χ0v) is 12.6. The smallest absolute Gasteiger partial charge is 0.342 e. The number of amides is 1. The first-order chi connectivity index (χ1) is 11.0. The van der Waals surface area contributed by atoms with E-state index in [1.54, 1.807) is 24.3 Å². The maximum atomic E-state index is 12.2. The molecule has 0 fully saturated rings. The fourth-order valence-corrected chi connectivity index (χ4v) is 2.09. The van der Waals surface area contributed by atoms with Crippen LogP contribution >= 0.6 is 0 Å². The van der Waals surface area contributed by atoms with Crippen LogP contribution in [0.4, 0.5) is 0 Å². The largest absolute Gasteiger partial charge is 0.507 e. The van der Waals surface area contributed by atoms with Gasteiger partial charge in [-0.1, -0.05) is 30.3 Å². The highest BCUT2D eigenvalue weighted by Gasteiger charge is 2.22. The molecule has 0 heterocycles. The lowest BCUT2D eigenvalue weighted by Crippen LogP contribution is -2.35. The maximum Gasteiger partial charge on any atom is 0.342 e. The van der Waals surface area contributed by atoms with Gasteiger partial charge in [0, 0.05) is 17.3 Å². The summed E-state index contributed by atoms with van der Waals surface area (Å²) in [6.45, 7) is 5.13. The number of esters is 1. The third-order valence-electron chi connectivity index (χ3n) is 3.29. The monoisotopic (exact) mass is 315 g/mol. The number of benzene rings is 2. The van der Waals surface area contributed by atoms with Gasteiger partial charge in [0.15, 0.2) is 6.10 Å². The van der Waals surface area contributed by atoms with Gasteiger partial charge in [-0.15, -0.1) is 6.58 Å². The molecule has 0 aromatic heterocycles. The second kappa shape index (κ2) is 6.83. The summed E-state index contributed by atoms with van der Waals surface area (Å²) in [6.07, 6.45) is 0.454. The summed E-state index contributed by atoms with van der Waals surface area (Å²) in [5, 5.41) is 23.4. The fraction of sp³-hybridized carbons (Fsp3) is 0.176. The summed E-state index contributed by atoms with van der Waals surface area (Å²) in [5.74, 6) is -1.84. The number of aromatic hydroxyl groups is 2. The van der Waals surface area contributed by atoms with E-state index in [1.807, 2.05) is 0 Å². The second-order valence-corrected chi connectivity index (χ2v) is 4.92. The van der Waals surface area contributed by atoms with E-state index in [4.69, 9.17) is 4.74 Å². The van der Waals surface area contributed by atoms with Crippen molar-refractivity contribution in [3.63, 3.8) is 0 Å². The summed E-state index contributed by atoms with van der Waals surface area (Å²) >= 11 is 0. The summed E-state index contributed by atoms with van der Waals surface area (Å²) < 4.78 is 5.02. The number of ether oxygens (including phenoxy) is 1. The highest BCUT2D eigenvalue weighted by Crippen LogP contribution is 2.35. The van der Waals surface area contributed by atoms with E-state index in [2.05, 4.69) is 11.9 Å². The lowest BCUT2D eigenvalue weighted by molar-refractivity contribution is -0.128. The van der Waals surface area contributed by atoms with Crippen molar-refractivity contribution in [2.24, 2.45) is 0 Å². The lowest BCUT2D eigenvalue weighted by Gasteiger charge is -2.14. The van der Waals surface area contributed by atoms with Crippen molar-refractivity contribution < 1.29 is 24.5 Å². The Morgan fingerprint density at radius 2 is 1.96 bits per heavy atom. The lowest BCUT2D eigenvalue weighted by atomic mass is 10.0. The topological polar surface area (TPSA) is 95.9 Å². The molecule has 2 aromatic carbocycles. The molecule has 1 atom stereocenters. The van der Waals surface area contributed by atoms with Crippen LogP contribution in [0.2, 0.25) is 0 Å². The number of hydrogen-bond donors (Lipinski definition) is 3. The number of phenolic OH excluding ortho intramolecular Hbond substituents is 2. The Morgan fingerprint density at radius 1 is 1.30 bits per heavy atom. The molecule has 0 saturated heterocycles. The zero-order chi connectivity index (χ0) is 17.0. The summed E-state index contributed by atoms with van der Waals surface area (Å²) in [7, 11) is 0. The molecule has 6 heteroatoms. The minimum atomic E-state index is -1.05. The van der Waals surface area contributed by atoms with E-state index in [-0.39, 0.29) is 23.6 Å². The number of rotatable bonds is 5.